The lowest BCUT2D eigenvalue weighted by Gasteiger charge is -2.36. The van der Waals surface area contributed by atoms with Gasteiger partial charge in [0.05, 0.1) is 29.8 Å². The summed E-state index contributed by atoms with van der Waals surface area (Å²) in [5.74, 6) is 0.188. The van der Waals surface area contributed by atoms with Gasteiger partial charge in [0.15, 0.2) is 5.17 Å². The molecule has 0 bridgehead atoms. The van der Waals surface area contributed by atoms with Crippen molar-refractivity contribution in [2.75, 3.05) is 0 Å². The van der Waals surface area contributed by atoms with Gasteiger partial charge in [0.2, 0.25) is 5.91 Å². The molecule has 2 aromatic carbocycles. The van der Waals surface area contributed by atoms with E-state index in [-0.39, 0.29) is 24.5 Å². The molecule has 0 unspecified atom stereocenters. The maximum absolute atomic E-state index is 13.3. The largest absolute Gasteiger partial charge is 0.489 e. The van der Waals surface area contributed by atoms with Crippen molar-refractivity contribution in [3.05, 3.63) is 88.1 Å². The topological polar surface area (TPSA) is 80.2 Å². The lowest BCUT2D eigenvalue weighted by molar-refractivity contribution is -0.143. The van der Waals surface area contributed by atoms with Crippen LogP contribution >= 0.6 is 11.8 Å². The number of carbonyl (C=O) groups is 2. The Hall–Kier alpha value is -3.52. The number of amidine groups is 1. The van der Waals surface area contributed by atoms with Gasteiger partial charge >= 0.3 is 5.97 Å². The molecule has 1 atom stereocenters. The SMILES string of the molecule is CC1=C(C(=O)OC(C)C)[C@H](c2cccc(OCc3ccccc3)c2)N2C(CC(=O)NC(C)C)=CSC2=N1. The Bertz CT molecular complexity index is 1250. The Morgan fingerprint density at radius 3 is 2.54 bits per heavy atom. The highest BCUT2D eigenvalue weighted by Crippen LogP contribution is 2.45. The molecular weight excluding hydrogens is 486 g/mol. The fourth-order valence-corrected chi connectivity index (χ4v) is 5.24. The fraction of sp³-hybridized carbons (Fsp3) is 0.345. The standard InChI is InChI=1S/C29H33N3O4S/c1-18(2)30-25(33)15-23-17-37-29-31-20(5)26(28(34)36-19(3)4)27(32(23)29)22-12-9-13-24(14-22)35-16-21-10-7-6-8-11-21/h6-14,17-19,27H,15-16H2,1-5H3,(H,30,33)/t27-/m0/s1. The molecule has 2 aromatic rings. The summed E-state index contributed by atoms with van der Waals surface area (Å²) in [5.41, 5.74) is 3.76. The van der Waals surface area contributed by atoms with Crippen LogP contribution in [0.5, 0.6) is 5.75 Å². The van der Waals surface area contributed by atoms with Gasteiger partial charge in [0.1, 0.15) is 12.4 Å². The first-order valence-electron chi connectivity index (χ1n) is 12.4. The highest BCUT2D eigenvalue weighted by molar-refractivity contribution is 8.16. The molecular formula is C29H33N3O4S. The van der Waals surface area contributed by atoms with Crippen LogP contribution in [0.1, 0.15) is 58.2 Å². The zero-order valence-corrected chi connectivity index (χ0v) is 22.7. The summed E-state index contributed by atoms with van der Waals surface area (Å²) >= 11 is 1.45. The van der Waals surface area contributed by atoms with Crippen LogP contribution in [0.25, 0.3) is 0 Å². The third-order valence-corrected chi connectivity index (χ3v) is 6.67. The number of nitrogens with one attached hydrogen (secondary N) is 1. The highest BCUT2D eigenvalue weighted by Gasteiger charge is 2.41. The van der Waals surface area contributed by atoms with Gasteiger partial charge in [-0.05, 0) is 63.3 Å². The zero-order valence-electron chi connectivity index (χ0n) is 21.9. The van der Waals surface area contributed by atoms with Crippen LogP contribution in [-0.2, 0) is 20.9 Å². The molecule has 7 nitrogen and oxygen atoms in total. The number of hydrogen-bond acceptors (Lipinski definition) is 7. The first-order valence-corrected chi connectivity index (χ1v) is 13.3. The van der Waals surface area contributed by atoms with E-state index >= 15 is 0 Å². The molecule has 1 N–H and O–H groups in total. The Morgan fingerprint density at radius 1 is 1.08 bits per heavy atom. The third kappa shape index (κ3) is 6.43. The van der Waals surface area contributed by atoms with Gasteiger partial charge in [-0.3, -0.25) is 4.79 Å². The van der Waals surface area contributed by atoms with E-state index in [2.05, 4.69) is 5.32 Å². The maximum Gasteiger partial charge on any atom is 0.338 e. The first-order chi connectivity index (χ1) is 17.7. The molecule has 2 aliphatic heterocycles. The van der Waals surface area contributed by atoms with Crippen molar-refractivity contribution in [1.82, 2.24) is 10.2 Å². The average Bonchev–Trinajstić information content (AvgIpc) is 3.23. The number of amides is 1. The van der Waals surface area contributed by atoms with Crippen LogP contribution in [0.3, 0.4) is 0 Å². The van der Waals surface area contributed by atoms with E-state index < -0.39 is 12.0 Å². The zero-order chi connectivity index (χ0) is 26.5. The molecule has 0 aromatic heterocycles. The number of benzene rings is 2. The van der Waals surface area contributed by atoms with E-state index in [4.69, 9.17) is 14.5 Å². The van der Waals surface area contributed by atoms with Crippen LogP contribution in [0.15, 0.2) is 82.0 Å². The predicted molar refractivity (Wildman–Crippen MR) is 147 cm³/mol. The van der Waals surface area contributed by atoms with E-state index in [0.717, 1.165) is 22.0 Å². The summed E-state index contributed by atoms with van der Waals surface area (Å²) in [6, 6.07) is 17.2. The van der Waals surface area contributed by atoms with Gasteiger partial charge in [-0.15, -0.1) is 0 Å². The van der Waals surface area contributed by atoms with Gasteiger partial charge in [-0.25, -0.2) is 9.79 Å². The molecule has 2 heterocycles. The van der Waals surface area contributed by atoms with Crippen molar-refractivity contribution < 1.29 is 19.1 Å². The van der Waals surface area contributed by atoms with Gasteiger partial charge < -0.3 is 19.7 Å². The summed E-state index contributed by atoms with van der Waals surface area (Å²) in [6.07, 6.45) is -0.102. The first kappa shape index (κ1) is 26.5. The molecule has 0 aliphatic carbocycles. The smallest absolute Gasteiger partial charge is 0.338 e. The summed E-state index contributed by atoms with van der Waals surface area (Å²) in [7, 11) is 0. The van der Waals surface area contributed by atoms with Gasteiger partial charge in [-0.1, -0.05) is 54.2 Å². The summed E-state index contributed by atoms with van der Waals surface area (Å²) in [5, 5.41) is 5.62. The van der Waals surface area contributed by atoms with Crippen LogP contribution in [0, 0.1) is 0 Å². The monoisotopic (exact) mass is 519 g/mol. The minimum absolute atomic E-state index is 0.0320. The van der Waals surface area contributed by atoms with E-state index in [1.165, 1.54) is 11.8 Å². The summed E-state index contributed by atoms with van der Waals surface area (Å²) in [4.78, 5) is 32.7. The van der Waals surface area contributed by atoms with Gasteiger partial charge in [0.25, 0.3) is 0 Å². The highest BCUT2D eigenvalue weighted by atomic mass is 32.2. The number of carbonyl (C=O) groups excluding carboxylic acids is 2. The Kier molecular flexibility index (Phi) is 8.38. The van der Waals surface area contributed by atoms with Crippen molar-refractivity contribution in [3.63, 3.8) is 0 Å². The maximum atomic E-state index is 13.3. The minimum Gasteiger partial charge on any atom is -0.489 e. The van der Waals surface area contributed by atoms with Crippen molar-refractivity contribution >= 4 is 28.8 Å². The number of aliphatic imine (C=N–C) groups is 1. The second-order valence-corrected chi connectivity index (χ2v) is 10.4. The summed E-state index contributed by atoms with van der Waals surface area (Å²) < 4.78 is 11.7. The van der Waals surface area contributed by atoms with Gasteiger partial charge in [0, 0.05) is 11.7 Å². The average molecular weight is 520 g/mol. The molecule has 4 rings (SSSR count). The number of allylic oxidation sites excluding steroid dienone is 1. The minimum atomic E-state index is -0.507. The van der Waals surface area contributed by atoms with Crippen LogP contribution in [-0.4, -0.2) is 34.1 Å². The third-order valence-electron chi connectivity index (χ3n) is 5.78. The Balaban J connectivity index is 1.69. The molecule has 2 aliphatic rings. The van der Waals surface area contributed by atoms with E-state index in [0.29, 0.717) is 23.6 Å². The number of ether oxygens (including phenoxy) is 2. The lowest BCUT2D eigenvalue weighted by atomic mass is 9.93. The van der Waals surface area contributed by atoms with Crippen LogP contribution in [0.2, 0.25) is 0 Å². The number of rotatable bonds is 9. The molecule has 1 amide bonds. The predicted octanol–water partition coefficient (Wildman–Crippen LogP) is 5.71. The van der Waals surface area contributed by atoms with E-state index in [1.807, 2.05) is 99.5 Å². The molecule has 37 heavy (non-hydrogen) atoms. The van der Waals surface area contributed by atoms with Crippen molar-refractivity contribution in [3.8, 4) is 5.75 Å². The number of nitrogens with zero attached hydrogens (tertiary/aromatic N) is 2. The fourth-order valence-electron chi connectivity index (χ4n) is 4.28. The van der Waals surface area contributed by atoms with E-state index in [1.54, 1.807) is 0 Å². The molecule has 0 saturated heterocycles. The molecule has 0 fully saturated rings. The molecule has 0 saturated carbocycles. The quantitative estimate of drug-likeness (QED) is 0.428. The number of esters is 1. The van der Waals surface area contributed by atoms with Crippen LogP contribution in [0.4, 0.5) is 0 Å². The number of fused-ring (bicyclic) bond motifs is 1. The second-order valence-electron chi connectivity index (χ2n) is 9.59. The van der Waals surface area contributed by atoms with Crippen LogP contribution < -0.4 is 10.1 Å². The summed E-state index contributed by atoms with van der Waals surface area (Å²) in [6.45, 7) is 9.77. The molecule has 8 heteroatoms. The molecule has 194 valence electrons. The normalized spacial score (nSPS) is 16.9. The molecule has 0 spiro atoms. The van der Waals surface area contributed by atoms with E-state index in [9.17, 15) is 9.59 Å². The lowest BCUT2D eigenvalue weighted by Crippen LogP contribution is -2.39. The number of thioether (sulfide) groups is 1. The number of hydrogen-bond donors (Lipinski definition) is 1. The Labute approximate surface area is 222 Å². The van der Waals surface area contributed by atoms with Gasteiger partial charge in [-0.2, -0.15) is 0 Å². The Morgan fingerprint density at radius 2 is 1.84 bits per heavy atom. The van der Waals surface area contributed by atoms with Crippen molar-refractivity contribution in [2.24, 2.45) is 4.99 Å². The van der Waals surface area contributed by atoms with Crippen molar-refractivity contribution in [1.29, 1.82) is 0 Å². The molecule has 0 radical (unpaired) electrons. The van der Waals surface area contributed by atoms with Crippen molar-refractivity contribution in [2.45, 2.75) is 65.8 Å². The second kappa shape index (κ2) is 11.7.